The number of aryl methyl sites for hydroxylation is 1. The molecule has 3 aromatic rings. The van der Waals surface area contributed by atoms with Crippen molar-refractivity contribution in [2.75, 3.05) is 0 Å². The number of benzene rings is 1. The number of hydrogen-bond acceptors (Lipinski definition) is 3. The van der Waals surface area contributed by atoms with Crippen LogP contribution in [0.3, 0.4) is 0 Å². The van der Waals surface area contributed by atoms with Gasteiger partial charge in [0.25, 0.3) is 0 Å². The molecular weight excluding hydrogens is 451 g/mol. The summed E-state index contributed by atoms with van der Waals surface area (Å²) in [4.78, 5) is 17.9. The fourth-order valence-corrected chi connectivity index (χ4v) is 5.99. The lowest BCUT2D eigenvalue weighted by Gasteiger charge is -2.13. The van der Waals surface area contributed by atoms with E-state index < -0.39 is 5.97 Å². The van der Waals surface area contributed by atoms with Gasteiger partial charge >= 0.3 is 5.97 Å². The first-order valence-corrected chi connectivity index (χ1v) is 11.3. The van der Waals surface area contributed by atoms with Crippen molar-refractivity contribution in [2.45, 2.75) is 54.9 Å². The molecule has 29 heavy (non-hydrogen) atoms. The Morgan fingerprint density at radius 1 is 1.28 bits per heavy atom. The summed E-state index contributed by atoms with van der Waals surface area (Å²) in [5.74, 6) is -0.619. The van der Waals surface area contributed by atoms with Crippen molar-refractivity contribution in [1.82, 2.24) is 9.55 Å². The molecular formula is C21H19Cl3N2O2S. The zero-order chi connectivity index (χ0) is 20.9. The third-order valence-electron chi connectivity index (χ3n) is 5.24. The average molecular weight is 470 g/mol. The minimum atomic E-state index is -0.792. The normalized spacial score (nSPS) is 16.0. The summed E-state index contributed by atoms with van der Waals surface area (Å²) in [6.45, 7) is 5.01. The Morgan fingerprint density at radius 3 is 2.69 bits per heavy atom. The van der Waals surface area contributed by atoms with Gasteiger partial charge in [-0.15, -0.1) is 0 Å². The van der Waals surface area contributed by atoms with Crippen LogP contribution < -0.4 is 0 Å². The maximum absolute atomic E-state index is 11.5. The first-order valence-electron chi connectivity index (χ1n) is 9.33. The molecule has 4 rings (SSSR count). The van der Waals surface area contributed by atoms with Crippen LogP contribution in [0.25, 0.3) is 10.9 Å². The number of carbonyl (C=O) groups is 1. The highest BCUT2D eigenvalue weighted by molar-refractivity contribution is 7.99. The zero-order valence-electron chi connectivity index (χ0n) is 15.9. The highest BCUT2D eigenvalue weighted by atomic mass is 35.5. The molecule has 0 aliphatic carbocycles. The lowest BCUT2D eigenvalue weighted by molar-refractivity contribution is -0.137. The van der Waals surface area contributed by atoms with Gasteiger partial charge in [0, 0.05) is 39.5 Å². The van der Waals surface area contributed by atoms with Crippen LogP contribution in [0, 0.1) is 0 Å². The molecule has 0 saturated carbocycles. The van der Waals surface area contributed by atoms with Crippen molar-refractivity contribution >= 4 is 63.4 Å². The van der Waals surface area contributed by atoms with Gasteiger partial charge in [0.05, 0.1) is 32.7 Å². The van der Waals surface area contributed by atoms with E-state index in [1.807, 2.05) is 12.3 Å². The number of carboxylic acid groups (broad SMARTS) is 1. The van der Waals surface area contributed by atoms with Crippen molar-refractivity contribution in [3.63, 3.8) is 0 Å². The van der Waals surface area contributed by atoms with Crippen molar-refractivity contribution in [2.24, 2.45) is 0 Å². The van der Waals surface area contributed by atoms with E-state index in [2.05, 4.69) is 23.4 Å². The van der Waals surface area contributed by atoms with Gasteiger partial charge in [-0.25, -0.2) is 0 Å². The molecule has 0 amide bonds. The maximum atomic E-state index is 11.5. The van der Waals surface area contributed by atoms with Crippen LogP contribution in [-0.2, 0) is 11.3 Å². The van der Waals surface area contributed by atoms with Gasteiger partial charge in [0.2, 0.25) is 0 Å². The Hall–Kier alpha value is -1.40. The maximum Gasteiger partial charge on any atom is 0.304 e. The minimum absolute atomic E-state index is 0.0519. The highest BCUT2D eigenvalue weighted by Crippen LogP contribution is 2.49. The van der Waals surface area contributed by atoms with Crippen LogP contribution in [-0.4, -0.2) is 20.6 Å². The average Bonchev–Trinajstić information content (AvgIpc) is 3.18. The van der Waals surface area contributed by atoms with E-state index in [1.54, 1.807) is 12.1 Å². The van der Waals surface area contributed by atoms with Crippen LogP contribution in [0.15, 0.2) is 34.2 Å². The minimum Gasteiger partial charge on any atom is -0.481 e. The molecule has 0 bridgehead atoms. The van der Waals surface area contributed by atoms with Gasteiger partial charge in [-0.1, -0.05) is 60.4 Å². The quantitative estimate of drug-likeness (QED) is 0.400. The fourth-order valence-electron chi connectivity index (χ4n) is 4.02. The second-order valence-electron chi connectivity index (χ2n) is 7.49. The van der Waals surface area contributed by atoms with E-state index in [9.17, 15) is 9.90 Å². The topological polar surface area (TPSA) is 55.1 Å². The number of hydrogen-bond donors (Lipinski definition) is 1. The summed E-state index contributed by atoms with van der Waals surface area (Å²) in [6.07, 6.45) is 2.74. The molecule has 0 fully saturated rings. The van der Waals surface area contributed by atoms with Crippen molar-refractivity contribution in [3.05, 3.63) is 50.9 Å². The van der Waals surface area contributed by atoms with Crippen LogP contribution in [0.5, 0.6) is 0 Å². The van der Waals surface area contributed by atoms with E-state index in [0.29, 0.717) is 15.1 Å². The number of carboxylic acids is 1. The first-order chi connectivity index (χ1) is 13.8. The molecule has 8 heteroatoms. The molecule has 0 radical (unpaired) electrons. The summed E-state index contributed by atoms with van der Waals surface area (Å²) >= 11 is 20.3. The van der Waals surface area contributed by atoms with Crippen molar-refractivity contribution in [3.8, 4) is 0 Å². The van der Waals surface area contributed by atoms with E-state index >= 15 is 0 Å². The lowest BCUT2D eigenvalue weighted by Crippen LogP contribution is -2.04. The largest absolute Gasteiger partial charge is 0.481 e. The molecule has 1 aliphatic heterocycles. The third kappa shape index (κ3) is 3.74. The first kappa shape index (κ1) is 20.9. The van der Waals surface area contributed by atoms with Crippen LogP contribution >= 0.6 is 46.6 Å². The number of pyridine rings is 1. The molecule has 0 saturated heterocycles. The van der Waals surface area contributed by atoms with Gasteiger partial charge in [0.1, 0.15) is 0 Å². The third-order valence-corrected chi connectivity index (χ3v) is 7.56. The summed E-state index contributed by atoms with van der Waals surface area (Å²) < 4.78 is 2.24. The number of aliphatic carboxylic acids is 1. The Kier molecular flexibility index (Phi) is 5.77. The molecule has 1 atom stereocenters. The number of halogens is 3. The molecule has 4 nitrogen and oxygen atoms in total. The molecule has 1 aromatic carbocycles. The van der Waals surface area contributed by atoms with Crippen LogP contribution in [0.2, 0.25) is 15.1 Å². The van der Waals surface area contributed by atoms with Gasteiger partial charge in [-0.2, -0.15) is 0 Å². The highest BCUT2D eigenvalue weighted by Gasteiger charge is 2.33. The van der Waals surface area contributed by atoms with Crippen LogP contribution in [0.1, 0.15) is 49.9 Å². The molecule has 1 N–H and O–H groups in total. The number of fused-ring (bicyclic) bond motifs is 3. The predicted octanol–water partition coefficient (Wildman–Crippen LogP) is 7.23. The molecule has 152 valence electrons. The van der Waals surface area contributed by atoms with E-state index in [0.717, 1.165) is 45.0 Å². The second kappa shape index (κ2) is 8.03. The van der Waals surface area contributed by atoms with E-state index in [-0.39, 0.29) is 18.3 Å². The van der Waals surface area contributed by atoms with Gasteiger partial charge in [-0.05, 0) is 30.5 Å². The van der Waals surface area contributed by atoms with E-state index in [1.165, 1.54) is 11.8 Å². The Bertz CT molecular complexity index is 1130. The summed E-state index contributed by atoms with van der Waals surface area (Å²) in [7, 11) is 0. The SMILES string of the molecule is CC(C)c1nccc2c1c(Sc1cc(Cl)c(Cl)cc1Cl)c1n2CCC1CC(=O)O. The predicted molar refractivity (Wildman–Crippen MR) is 119 cm³/mol. The summed E-state index contributed by atoms with van der Waals surface area (Å²) in [5.41, 5.74) is 3.13. The van der Waals surface area contributed by atoms with Gasteiger partial charge in [-0.3, -0.25) is 9.78 Å². The number of aromatic nitrogens is 2. The lowest BCUT2D eigenvalue weighted by atomic mass is 9.99. The summed E-state index contributed by atoms with van der Waals surface area (Å²) in [5, 5.41) is 11.8. The van der Waals surface area contributed by atoms with Gasteiger partial charge in [0.15, 0.2) is 0 Å². The Balaban J connectivity index is 1.96. The molecule has 3 heterocycles. The molecule has 2 aromatic heterocycles. The Labute approximate surface area is 188 Å². The van der Waals surface area contributed by atoms with Gasteiger partial charge < -0.3 is 9.67 Å². The zero-order valence-corrected chi connectivity index (χ0v) is 19.0. The second-order valence-corrected chi connectivity index (χ2v) is 9.77. The standard InChI is InChI=1S/C21H19Cl3N2O2S/c1-10(2)19-18-15(3-5-25-19)26-6-4-11(7-17(27)28)20(26)21(18)29-16-9-13(23)12(22)8-14(16)24/h3,5,8-11H,4,6-7H2,1-2H3,(H,27,28). The van der Waals surface area contributed by atoms with Crippen molar-refractivity contribution < 1.29 is 9.90 Å². The number of rotatable bonds is 5. The summed E-state index contributed by atoms with van der Waals surface area (Å²) in [6, 6.07) is 5.41. The van der Waals surface area contributed by atoms with Crippen molar-refractivity contribution in [1.29, 1.82) is 0 Å². The monoisotopic (exact) mass is 468 g/mol. The molecule has 1 unspecified atom stereocenters. The number of nitrogens with zero attached hydrogens (tertiary/aromatic N) is 2. The van der Waals surface area contributed by atoms with E-state index in [4.69, 9.17) is 34.8 Å². The Morgan fingerprint density at radius 2 is 2.00 bits per heavy atom. The molecule has 0 spiro atoms. The van der Waals surface area contributed by atoms with Crippen LogP contribution in [0.4, 0.5) is 0 Å². The smallest absolute Gasteiger partial charge is 0.304 e. The molecule has 1 aliphatic rings. The fraction of sp³-hybridized carbons (Fsp3) is 0.333.